The molecule has 0 radical (unpaired) electrons. The lowest BCUT2D eigenvalue weighted by atomic mass is 9.88. The first-order valence-electron chi connectivity index (χ1n) is 10.2. The van der Waals surface area contributed by atoms with Gasteiger partial charge in [0.15, 0.2) is 0 Å². The van der Waals surface area contributed by atoms with Crippen LogP contribution in [0.3, 0.4) is 0 Å². The summed E-state index contributed by atoms with van der Waals surface area (Å²) in [6.07, 6.45) is 2.25. The summed E-state index contributed by atoms with van der Waals surface area (Å²) in [5, 5.41) is 7.70. The third-order valence-electron chi connectivity index (χ3n) is 5.79. The van der Waals surface area contributed by atoms with E-state index >= 15 is 0 Å². The molecule has 0 bridgehead atoms. The average molecular weight is 496 g/mol. The molecule has 5 aromatic rings. The van der Waals surface area contributed by atoms with Crippen LogP contribution in [0, 0.1) is 0 Å². The topological polar surface area (TPSA) is 0 Å². The van der Waals surface area contributed by atoms with Crippen LogP contribution in [0.4, 0.5) is 0 Å². The number of hydrogen-bond acceptors (Lipinski definition) is 0. The lowest BCUT2D eigenvalue weighted by Crippen LogP contribution is -2.29. The van der Waals surface area contributed by atoms with Gasteiger partial charge in [-0.25, -0.2) is 0 Å². The zero-order valence-corrected chi connectivity index (χ0v) is 18.9. The van der Waals surface area contributed by atoms with E-state index in [1.54, 1.807) is 0 Å². The summed E-state index contributed by atoms with van der Waals surface area (Å²) in [7, 11) is 0. The van der Waals surface area contributed by atoms with Gasteiger partial charge < -0.3 is 0 Å². The Labute approximate surface area is 190 Å². The highest BCUT2D eigenvalue weighted by molar-refractivity contribution is 14.1. The van der Waals surface area contributed by atoms with E-state index in [9.17, 15) is 0 Å². The Morgan fingerprint density at radius 3 is 1.83 bits per heavy atom. The fourth-order valence-electron chi connectivity index (χ4n) is 4.46. The van der Waals surface area contributed by atoms with Crippen molar-refractivity contribution in [1.29, 1.82) is 0 Å². The summed E-state index contributed by atoms with van der Waals surface area (Å²) < 4.78 is 2.23. The summed E-state index contributed by atoms with van der Waals surface area (Å²) in [6, 6.07) is 34.9. The Morgan fingerprint density at radius 2 is 1.17 bits per heavy atom. The fraction of sp³-hybridized carbons (Fsp3) is 0.0345. The van der Waals surface area contributed by atoms with Gasteiger partial charge in [-0.3, -0.25) is 0 Å². The van der Waals surface area contributed by atoms with Crippen LogP contribution in [0.5, 0.6) is 0 Å². The van der Waals surface area contributed by atoms with Crippen LogP contribution >= 0.6 is 22.6 Å². The van der Waals surface area contributed by atoms with Gasteiger partial charge in [0, 0.05) is 0 Å². The number of rotatable bonds is 2. The first kappa shape index (κ1) is 19.1. The monoisotopic (exact) mass is 496 g/mol. The molecule has 5 aromatic carbocycles. The van der Waals surface area contributed by atoms with E-state index in [1.807, 2.05) is 0 Å². The third kappa shape index (κ3) is 3.14. The predicted molar refractivity (Wildman–Crippen MR) is 140 cm³/mol. The molecular weight excluding hydrogens is 475 g/mol. The molecule has 0 saturated heterocycles. The number of benzene rings is 5. The second kappa shape index (κ2) is 8.08. The Kier molecular flexibility index (Phi) is 5.14. The van der Waals surface area contributed by atoms with Gasteiger partial charge in [0.25, 0.3) is 0 Å². The molecule has 0 N–H and O–H groups in total. The van der Waals surface area contributed by atoms with Crippen molar-refractivity contribution in [2.24, 2.45) is 0 Å². The van der Waals surface area contributed by atoms with Gasteiger partial charge in [-0.15, -0.1) is 0 Å². The lowest BCUT2D eigenvalue weighted by molar-refractivity contribution is 1.52. The van der Waals surface area contributed by atoms with Gasteiger partial charge in [-0.2, -0.15) is 0 Å². The molecular formula is C29H21I. The maximum absolute atomic E-state index is 2.40. The minimum Gasteiger partial charge on any atom is -0.0791 e. The quantitative estimate of drug-likeness (QED) is 0.225. The second-order valence-corrected chi connectivity index (χ2v) is 8.07. The van der Waals surface area contributed by atoms with Crippen molar-refractivity contribution in [3.63, 3.8) is 0 Å². The van der Waals surface area contributed by atoms with Gasteiger partial charge in [0.2, 0.25) is 0 Å². The standard InChI is InChI=1S/C29H21I/c1-2-24-27(19-30)29(23-17-16-20-10-6-7-13-22(20)18-23)26-15-9-8-14-25(26)28(24)21-11-4-3-5-12-21/h2-19H,1H3/b24-2+,27-19+. The summed E-state index contributed by atoms with van der Waals surface area (Å²) in [5.41, 5.74) is 5.13. The summed E-state index contributed by atoms with van der Waals surface area (Å²) in [6.45, 7) is 2.14. The summed E-state index contributed by atoms with van der Waals surface area (Å²) >= 11 is 2.40. The molecule has 144 valence electrons. The van der Waals surface area contributed by atoms with Crippen LogP contribution in [-0.4, -0.2) is 0 Å². The molecule has 0 nitrogen and oxygen atoms in total. The highest BCUT2D eigenvalue weighted by Crippen LogP contribution is 2.32. The van der Waals surface area contributed by atoms with Crippen LogP contribution in [0.1, 0.15) is 6.92 Å². The minimum absolute atomic E-state index is 1.26. The number of hydrogen-bond donors (Lipinski definition) is 0. The maximum atomic E-state index is 2.40. The average Bonchev–Trinajstić information content (AvgIpc) is 2.82. The van der Waals surface area contributed by atoms with Crippen molar-refractivity contribution in [1.82, 2.24) is 0 Å². The highest BCUT2D eigenvalue weighted by atomic mass is 127. The largest absolute Gasteiger partial charge is 0.0791 e. The Bertz CT molecular complexity index is 1500. The Balaban J connectivity index is 1.97. The van der Waals surface area contributed by atoms with E-state index in [0.29, 0.717) is 0 Å². The number of halogens is 1. The molecule has 0 spiro atoms. The molecule has 0 atom stereocenters. The molecule has 0 aliphatic carbocycles. The lowest BCUT2D eigenvalue weighted by Gasteiger charge is -2.16. The normalized spacial score (nSPS) is 12.7. The fourth-order valence-corrected chi connectivity index (χ4v) is 5.11. The van der Waals surface area contributed by atoms with Crippen molar-refractivity contribution >= 4 is 54.3 Å². The molecule has 0 aliphatic rings. The van der Waals surface area contributed by atoms with Gasteiger partial charge in [-0.1, -0.05) is 120 Å². The van der Waals surface area contributed by atoms with Crippen LogP contribution < -0.4 is 10.4 Å². The Hall–Kier alpha value is -2.91. The summed E-state index contributed by atoms with van der Waals surface area (Å²) in [5.74, 6) is 0. The molecule has 0 heterocycles. The van der Waals surface area contributed by atoms with Crippen molar-refractivity contribution in [2.45, 2.75) is 6.92 Å². The zero-order valence-electron chi connectivity index (χ0n) is 16.8. The third-order valence-corrected chi connectivity index (χ3v) is 6.42. The first-order chi connectivity index (χ1) is 14.8. The molecule has 30 heavy (non-hydrogen) atoms. The molecule has 0 fully saturated rings. The van der Waals surface area contributed by atoms with Crippen LogP contribution in [-0.2, 0) is 0 Å². The van der Waals surface area contributed by atoms with Crippen molar-refractivity contribution in [3.05, 3.63) is 107 Å². The SMILES string of the molecule is C/C=c1/c(-c2ccccc2)c2ccccc2c(-c2ccc3ccccc3c2)/c1=C/I. The second-order valence-electron chi connectivity index (χ2n) is 7.45. The van der Waals surface area contributed by atoms with Gasteiger partial charge in [0.1, 0.15) is 0 Å². The molecule has 0 unspecified atom stereocenters. The zero-order chi connectivity index (χ0) is 20.5. The van der Waals surface area contributed by atoms with E-state index in [0.717, 1.165) is 0 Å². The molecule has 5 rings (SSSR count). The van der Waals surface area contributed by atoms with Crippen LogP contribution in [0.2, 0.25) is 0 Å². The first-order valence-corrected chi connectivity index (χ1v) is 11.4. The van der Waals surface area contributed by atoms with Crippen molar-refractivity contribution in [3.8, 4) is 22.3 Å². The maximum Gasteiger partial charge on any atom is -0.00217 e. The van der Waals surface area contributed by atoms with Gasteiger partial charge in [0.05, 0.1) is 0 Å². The van der Waals surface area contributed by atoms with Crippen LogP contribution in [0.25, 0.3) is 54.0 Å². The smallest absolute Gasteiger partial charge is 0.00217 e. The van der Waals surface area contributed by atoms with Crippen molar-refractivity contribution < 1.29 is 0 Å². The van der Waals surface area contributed by atoms with E-state index in [-0.39, 0.29) is 0 Å². The Morgan fingerprint density at radius 1 is 0.567 bits per heavy atom. The van der Waals surface area contributed by atoms with Gasteiger partial charge in [-0.05, 0) is 71.3 Å². The molecule has 0 saturated carbocycles. The number of fused-ring (bicyclic) bond motifs is 2. The van der Waals surface area contributed by atoms with E-state index in [4.69, 9.17) is 0 Å². The van der Waals surface area contributed by atoms with Crippen LogP contribution in [0.15, 0.2) is 97.1 Å². The highest BCUT2D eigenvalue weighted by Gasteiger charge is 2.14. The van der Waals surface area contributed by atoms with E-state index in [1.165, 1.54) is 54.2 Å². The molecule has 0 amide bonds. The summed E-state index contributed by atoms with van der Waals surface area (Å²) in [4.78, 5) is 0. The van der Waals surface area contributed by atoms with E-state index in [2.05, 4.69) is 137 Å². The van der Waals surface area contributed by atoms with Gasteiger partial charge >= 0.3 is 0 Å². The predicted octanol–water partition coefficient (Wildman–Crippen LogP) is 7.30. The molecule has 1 heteroatoms. The molecule has 0 aliphatic heterocycles. The minimum atomic E-state index is 1.26. The molecule has 0 aromatic heterocycles. The van der Waals surface area contributed by atoms with Crippen molar-refractivity contribution in [2.75, 3.05) is 0 Å². The van der Waals surface area contributed by atoms with E-state index < -0.39 is 0 Å².